The summed E-state index contributed by atoms with van der Waals surface area (Å²) in [5, 5.41) is 3.79. The molecule has 0 unspecified atom stereocenters. The van der Waals surface area contributed by atoms with Crippen molar-refractivity contribution in [3.8, 4) is 11.5 Å². The van der Waals surface area contributed by atoms with Crippen LogP contribution in [0, 0.1) is 6.92 Å². The second-order valence-electron chi connectivity index (χ2n) is 4.50. The van der Waals surface area contributed by atoms with Gasteiger partial charge in [-0.3, -0.25) is 0 Å². The number of hydrogen-bond acceptors (Lipinski definition) is 4. The van der Waals surface area contributed by atoms with Crippen LogP contribution in [0.1, 0.15) is 5.56 Å². The van der Waals surface area contributed by atoms with Gasteiger partial charge in [0.05, 0.1) is 30.6 Å². The molecule has 0 aliphatic heterocycles. The predicted molar refractivity (Wildman–Crippen MR) is 91.1 cm³/mol. The molecule has 0 aliphatic rings. The van der Waals surface area contributed by atoms with Gasteiger partial charge in [0.15, 0.2) is 0 Å². The van der Waals surface area contributed by atoms with E-state index >= 15 is 0 Å². The lowest BCUT2D eigenvalue weighted by molar-refractivity contribution is 0.405. The SMILES string of the molecule is COc1cc(Nc2cc(C)c(N)cc2Br)c(OC)cc1Cl. The summed E-state index contributed by atoms with van der Waals surface area (Å²) in [5.74, 6) is 1.20. The Labute approximate surface area is 137 Å². The van der Waals surface area contributed by atoms with Gasteiger partial charge in [0.1, 0.15) is 11.5 Å². The predicted octanol–water partition coefficient (Wildman–Crippen LogP) is 4.75. The molecule has 6 heteroatoms. The van der Waals surface area contributed by atoms with Crippen LogP contribution in [-0.2, 0) is 0 Å². The Morgan fingerprint density at radius 3 is 2.33 bits per heavy atom. The molecule has 2 aromatic rings. The molecule has 3 N–H and O–H groups in total. The van der Waals surface area contributed by atoms with Gasteiger partial charge in [0, 0.05) is 22.3 Å². The van der Waals surface area contributed by atoms with Crippen LogP contribution in [0.5, 0.6) is 11.5 Å². The van der Waals surface area contributed by atoms with Crippen molar-refractivity contribution in [1.29, 1.82) is 0 Å². The zero-order chi connectivity index (χ0) is 15.6. The van der Waals surface area contributed by atoms with E-state index in [0.717, 1.165) is 27.1 Å². The summed E-state index contributed by atoms with van der Waals surface area (Å²) in [4.78, 5) is 0. The molecule has 0 aliphatic carbocycles. The fourth-order valence-electron chi connectivity index (χ4n) is 1.90. The first kappa shape index (κ1) is 15.8. The molecule has 0 bridgehead atoms. The summed E-state index contributed by atoms with van der Waals surface area (Å²) in [7, 11) is 3.16. The van der Waals surface area contributed by atoms with Crippen LogP contribution in [0.2, 0.25) is 5.02 Å². The highest BCUT2D eigenvalue weighted by Gasteiger charge is 2.12. The number of methoxy groups -OCH3 is 2. The van der Waals surface area contributed by atoms with Crippen molar-refractivity contribution in [3.63, 3.8) is 0 Å². The molecule has 0 saturated carbocycles. The number of hydrogen-bond donors (Lipinski definition) is 2. The maximum Gasteiger partial charge on any atom is 0.144 e. The zero-order valence-electron chi connectivity index (χ0n) is 12.0. The van der Waals surface area contributed by atoms with Gasteiger partial charge in [0.25, 0.3) is 0 Å². The lowest BCUT2D eigenvalue weighted by atomic mass is 10.1. The third-order valence-electron chi connectivity index (χ3n) is 3.10. The van der Waals surface area contributed by atoms with Crippen molar-refractivity contribution in [3.05, 3.63) is 39.3 Å². The normalized spacial score (nSPS) is 10.3. The van der Waals surface area contributed by atoms with E-state index < -0.39 is 0 Å². The first-order valence-electron chi connectivity index (χ1n) is 6.20. The lowest BCUT2D eigenvalue weighted by Gasteiger charge is -2.16. The van der Waals surface area contributed by atoms with Gasteiger partial charge in [-0.25, -0.2) is 0 Å². The Bertz CT molecular complexity index is 677. The second kappa shape index (κ2) is 6.45. The molecule has 0 atom stereocenters. The Balaban J connectivity index is 2.45. The van der Waals surface area contributed by atoms with Gasteiger partial charge in [0.2, 0.25) is 0 Å². The largest absolute Gasteiger partial charge is 0.495 e. The van der Waals surface area contributed by atoms with Gasteiger partial charge >= 0.3 is 0 Å². The second-order valence-corrected chi connectivity index (χ2v) is 5.76. The van der Waals surface area contributed by atoms with Crippen molar-refractivity contribution in [2.24, 2.45) is 0 Å². The van der Waals surface area contributed by atoms with E-state index in [1.54, 1.807) is 26.4 Å². The van der Waals surface area contributed by atoms with Crippen molar-refractivity contribution in [2.75, 3.05) is 25.3 Å². The van der Waals surface area contributed by atoms with Gasteiger partial charge in [-0.15, -0.1) is 0 Å². The zero-order valence-corrected chi connectivity index (χ0v) is 14.3. The van der Waals surface area contributed by atoms with Crippen LogP contribution in [0.15, 0.2) is 28.7 Å². The van der Waals surface area contributed by atoms with Crippen LogP contribution in [0.25, 0.3) is 0 Å². The topological polar surface area (TPSA) is 56.5 Å². The van der Waals surface area contributed by atoms with Crippen LogP contribution < -0.4 is 20.5 Å². The highest BCUT2D eigenvalue weighted by molar-refractivity contribution is 9.10. The van der Waals surface area contributed by atoms with Crippen LogP contribution in [-0.4, -0.2) is 14.2 Å². The first-order valence-corrected chi connectivity index (χ1v) is 7.37. The maximum atomic E-state index is 6.10. The summed E-state index contributed by atoms with van der Waals surface area (Å²) in [5.41, 5.74) is 9.23. The number of nitrogens with two attached hydrogens (primary N) is 1. The van der Waals surface area contributed by atoms with E-state index in [1.165, 1.54) is 0 Å². The van der Waals surface area contributed by atoms with Crippen LogP contribution in [0.4, 0.5) is 17.1 Å². The van der Waals surface area contributed by atoms with E-state index in [2.05, 4.69) is 21.2 Å². The summed E-state index contributed by atoms with van der Waals surface area (Å²) in [6.07, 6.45) is 0. The quantitative estimate of drug-likeness (QED) is 0.761. The maximum absolute atomic E-state index is 6.10. The van der Waals surface area contributed by atoms with E-state index in [9.17, 15) is 0 Å². The summed E-state index contributed by atoms with van der Waals surface area (Å²) >= 11 is 9.60. The molecule has 0 aromatic heterocycles. The Morgan fingerprint density at radius 2 is 1.71 bits per heavy atom. The van der Waals surface area contributed by atoms with E-state index in [-0.39, 0.29) is 0 Å². The smallest absolute Gasteiger partial charge is 0.144 e. The fraction of sp³-hybridized carbons (Fsp3) is 0.200. The molecular formula is C15H16BrClN2O2. The number of nitrogen functional groups attached to an aromatic ring is 1. The molecule has 2 rings (SSSR count). The minimum Gasteiger partial charge on any atom is -0.495 e. The van der Waals surface area contributed by atoms with Gasteiger partial charge in [-0.1, -0.05) is 11.6 Å². The van der Waals surface area contributed by atoms with Crippen molar-refractivity contribution < 1.29 is 9.47 Å². The van der Waals surface area contributed by atoms with Crippen molar-refractivity contribution >= 4 is 44.6 Å². The summed E-state index contributed by atoms with van der Waals surface area (Å²) in [6.45, 7) is 1.95. The van der Waals surface area contributed by atoms with Gasteiger partial charge < -0.3 is 20.5 Å². The molecule has 4 nitrogen and oxygen atoms in total. The molecule has 21 heavy (non-hydrogen) atoms. The third-order valence-corrected chi connectivity index (χ3v) is 4.05. The number of rotatable bonds is 4. The minimum atomic E-state index is 0.493. The highest BCUT2D eigenvalue weighted by atomic mass is 79.9. The molecule has 0 spiro atoms. The van der Waals surface area contributed by atoms with Gasteiger partial charge in [-0.2, -0.15) is 0 Å². The fourth-order valence-corrected chi connectivity index (χ4v) is 2.59. The average molecular weight is 372 g/mol. The van der Waals surface area contributed by atoms with E-state index in [1.807, 2.05) is 19.1 Å². The molecule has 0 amide bonds. The van der Waals surface area contributed by atoms with Crippen LogP contribution in [0.3, 0.4) is 0 Å². The molecule has 0 saturated heterocycles. The Morgan fingerprint density at radius 1 is 1.05 bits per heavy atom. The summed E-state index contributed by atoms with van der Waals surface area (Å²) in [6, 6.07) is 7.32. The first-order chi connectivity index (χ1) is 9.96. The van der Waals surface area contributed by atoms with Crippen molar-refractivity contribution in [2.45, 2.75) is 6.92 Å². The molecule has 0 fully saturated rings. The number of aryl methyl sites for hydroxylation is 1. The Hall–Kier alpha value is -1.59. The molecule has 2 aromatic carbocycles. The van der Waals surface area contributed by atoms with E-state index in [0.29, 0.717) is 16.5 Å². The van der Waals surface area contributed by atoms with Gasteiger partial charge in [-0.05, 0) is 40.5 Å². The molecular weight excluding hydrogens is 356 g/mol. The number of halogens is 2. The minimum absolute atomic E-state index is 0.493. The highest BCUT2D eigenvalue weighted by Crippen LogP contribution is 2.39. The number of ether oxygens (including phenoxy) is 2. The number of benzene rings is 2. The average Bonchev–Trinajstić information content (AvgIpc) is 2.45. The molecule has 112 valence electrons. The number of anilines is 3. The van der Waals surface area contributed by atoms with Crippen molar-refractivity contribution in [1.82, 2.24) is 0 Å². The lowest BCUT2D eigenvalue weighted by Crippen LogP contribution is -1.99. The van der Waals surface area contributed by atoms with E-state index in [4.69, 9.17) is 26.8 Å². The van der Waals surface area contributed by atoms with Crippen LogP contribution >= 0.6 is 27.5 Å². The monoisotopic (exact) mass is 370 g/mol. The number of nitrogens with one attached hydrogen (secondary N) is 1. The molecule has 0 heterocycles. The third kappa shape index (κ3) is 3.36. The Kier molecular flexibility index (Phi) is 4.85. The standard InChI is InChI=1S/C15H16BrClN2O2/c1-8-4-12(9(16)5-11(8)18)19-13-7-14(20-2)10(17)6-15(13)21-3/h4-7,19H,18H2,1-3H3. The summed E-state index contributed by atoms with van der Waals surface area (Å²) < 4.78 is 11.4. The molecule has 0 radical (unpaired) electrons.